The third-order valence-corrected chi connectivity index (χ3v) is 3.79. The average Bonchev–Trinajstić information content (AvgIpc) is 2.48. The van der Waals surface area contributed by atoms with Crippen molar-refractivity contribution in [2.75, 3.05) is 38.6 Å². The van der Waals surface area contributed by atoms with Gasteiger partial charge in [-0.25, -0.2) is 14.8 Å². The van der Waals surface area contributed by atoms with Crippen molar-refractivity contribution < 1.29 is 9.90 Å². The highest BCUT2D eigenvalue weighted by Gasteiger charge is 2.19. The van der Waals surface area contributed by atoms with Gasteiger partial charge in [0, 0.05) is 37.6 Å². The molecule has 0 aliphatic carbocycles. The minimum atomic E-state index is -0.974. The van der Waals surface area contributed by atoms with Crippen molar-refractivity contribution in [2.45, 2.75) is 12.8 Å². The van der Waals surface area contributed by atoms with Crippen molar-refractivity contribution in [3.05, 3.63) is 24.0 Å². The number of anilines is 1. The Bertz CT molecular complexity index is 493. The van der Waals surface area contributed by atoms with Crippen LogP contribution >= 0.6 is 0 Å². The third kappa shape index (κ3) is 4.82. The lowest BCUT2D eigenvalue weighted by Crippen LogP contribution is -2.36. The molecule has 0 aromatic carbocycles. The van der Waals surface area contributed by atoms with Crippen molar-refractivity contribution in [1.29, 1.82) is 0 Å². The predicted molar refractivity (Wildman–Crippen MR) is 82.2 cm³/mol. The van der Waals surface area contributed by atoms with Gasteiger partial charge in [-0.3, -0.25) is 0 Å². The molecule has 0 bridgehead atoms. The van der Waals surface area contributed by atoms with Crippen LogP contribution in [0.1, 0.15) is 18.4 Å². The van der Waals surface area contributed by atoms with Gasteiger partial charge in [0.25, 0.3) is 0 Å². The zero-order valence-electron chi connectivity index (χ0n) is 12.6. The molecular weight excluding hydrogens is 268 g/mol. The van der Waals surface area contributed by atoms with Crippen molar-refractivity contribution in [2.24, 2.45) is 5.92 Å². The average molecular weight is 290 g/mol. The summed E-state index contributed by atoms with van der Waals surface area (Å²) in [5.41, 5.74) is 0.689. The number of likely N-dealkylation sites (tertiary alicyclic amines) is 1. The number of carboxylic acids is 1. The van der Waals surface area contributed by atoms with Crippen LogP contribution in [0.3, 0.4) is 0 Å². The SMILES string of the molecule is CN1CCC(CN(C)c2ncc(/C=C/C(=O)O)cn2)CC1. The number of piperidine rings is 1. The van der Waals surface area contributed by atoms with Crippen LogP contribution in [0, 0.1) is 5.92 Å². The Kier molecular flexibility index (Phi) is 5.27. The first-order valence-electron chi connectivity index (χ1n) is 7.17. The lowest BCUT2D eigenvalue weighted by molar-refractivity contribution is -0.131. The molecule has 0 amide bonds. The van der Waals surface area contributed by atoms with Crippen LogP contribution < -0.4 is 4.90 Å². The van der Waals surface area contributed by atoms with E-state index < -0.39 is 5.97 Å². The molecule has 2 heterocycles. The molecule has 0 saturated carbocycles. The van der Waals surface area contributed by atoms with Gasteiger partial charge in [0.15, 0.2) is 0 Å². The van der Waals surface area contributed by atoms with Crippen LogP contribution in [0.2, 0.25) is 0 Å². The van der Waals surface area contributed by atoms with E-state index in [1.807, 2.05) is 7.05 Å². The van der Waals surface area contributed by atoms with Gasteiger partial charge in [0.05, 0.1) is 0 Å². The Labute approximate surface area is 125 Å². The largest absolute Gasteiger partial charge is 0.478 e. The van der Waals surface area contributed by atoms with Crippen LogP contribution in [0.4, 0.5) is 5.95 Å². The fourth-order valence-corrected chi connectivity index (χ4v) is 2.50. The quantitative estimate of drug-likeness (QED) is 0.826. The van der Waals surface area contributed by atoms with Gasteiger partial charge in [-0.05, 0) is 45.0 Å². The van der Waals surface area contributed by atoms with Gasteiger partial charge in [0.1, 0.15) is 0 Å². The molecule has 1 saturated heterocycles. The third-order valence-electron chi connectivity index (χ3n) is 3.79. The molecule has 0 spiro atoms. The second kappa shape index (κ2) is 7.17. The van der Waals surface area contributed by atoms with E-state index in [9.17, 15) is 4.79 Å². The molecule has 1 aromatic rings. The topological polar surface area (TPSA) is 69.6 Å². The molecule has 2 rings (SSSR count). The van der Waals surface area contributed by atoms with Crippen molar-refractivity contribution in [3.8, 4) is 0 Å². The number of hydrogen-bond donors (Lipinski definition) is 1. The highest BCUT2D eigenvalue weighted by atomic mass is 16.4. The van der Waals surface area contributed by atoms with E-state index in [4.69, 9.17) is 5.11 Å². The van der Waals surface area contributed by atoms with Gasteiger partial charge in [-0.2, -0.15) is 0 Å². The van der Waals surface area contributed by atoms with Crippen LogP contribution in [-0.4, -0.2) is 59.7 Å². The minimum Gasteiger partial charge on any atom is -0.478 e. The van der Waals surface area contributed by atoms with Crippen molar-refractivity contribution in [3.63, 3.8) is 0 Å². The van der Waals surface area contributed by atoms with Gasteiger partial charge in [0.2, 0.25) is 5.95 Å². The second-order valence-electron chi connectivity index (χ2n) is 5.62. The number of nitrogens with zero attached hydrogens (tertiary/aromatic N) is 4. The summed E-state index contributed by atoms with van der Waals surface area (Å²) < 4.78 is 0. The van der Waals surface area contributed by atoms with E-state index in [0.29, 0.717) is 17.4 Å². The lowest BCUT2D eigenvalue weighted by Gasteiger charge is -2.31. The van der Waals surface area contributed by atoms with Crippen molar-refractivity contribution >= 4 is 18.0 Å². The zero-order valence-corrected chi connectivity index (χ0v) is 12.6. The maximum atomic E-state index is 10.5. The van der Waals surface area contributed by atoms with Crippen molar-refractivity contribution in [1.82, 2.24) is 14.9 Å². The number of aromatic nitrogens is 2. The molecule has 1 N–H and O–H groups in total. The van der Waals surface area contributed by atoms with Crippen LogP contribution in [0.25, 0.3) is 6.08 Å². The molecular formula is C15H22N4O2. The predicted octanol–water partition coefficient (Wildman–Crippen LogP) is 1.35. The van der Waals surface area contributed by atoms with E-state index in [1.54, 1.807) is 12.4 Å². The van der Waals surface area contributed by atoms with Crippen LogP contribution in [-0.2, 0) is 4.79 Å². The highest BCUT2D eigenvalue weighted by Crippen LogP contribution is 2.18. The Morgan fingerprint density at radius 3 is 2.62 bits per heavy atom. The monoisotopic (exact) mass is 290 g/mol. The van der Waals surface area contributed by atoms with Gasteiger partial charge in [-0.15, -0.1) is 0 Å². The Hall–Kier alpha value is -1.95. The summed E-state index contributed by atoms with van der Waals surface area (Å²) in [5, 5.41) is 8.58. The van der Waals surface area contributed by atoms with Gasteiger partial charge >= 0.3 is 5.97 Å². The van der Waals surface area contributed by atoms with Gasteiger partial charge in [-0.1, -0.05) is 0 Å². The molecule has 1 aliphatic heterocycles. The standard InChI is InChI=1S/C15H22N4O2/c1-18-7-5-12(6-8-18)11-19(2)15-16-9-13(10-17-15)3-4-14(20)21/h3-4,9-10,12H,5-8,11H2,1-2H3,(H,20,21)/b4-3+. The number of rotatable bonds is 5. The summed E-state index contributed by atoms with van der Waals surface area (Å²) in [6, 6.07) is 0. The molecule has 6 heteroatoms. The van der Waals surface area contributed by atoms with Crippen LogP contribution in [0.5, 0.6) is 0 Å². The fourth-order valence-electron chi connectivity index (χ4n) is 2.50. The first-order chi connectivity index (χ1) is 10.0. The molecule has 0 radical (unpaired) electrons. The molecule has 1 aliphatic rings. The summed E-state index contributed by atoms with van der Waals surface area (Å²) in [6.45, 7) is 3.26. The van der Waals surface area contributed by atoms with E-state index in [1.165, 1.54) is 18.9 Å². The summed E-state index contributed by atoms with van der Waals surface area (Å²) in [7, 11) is 4.16. The minimum absolute atomic E-state index is 0.682. The Morgan fingerprint density at radius 2 is 2.05 bits per heavy atom. The van der Waals surface area contributed by atoms with E-state index in [0.717, 1.165) is 25.7 Å². The maximum Gasteiger partial charge on any atom is 0.328 e. The summed E-state index contributed by atoms with van der Waals surface area (Å²) in [6.07, 6.45) is 8.28. The highest BCUT2D eigenvalue weighted by molar-refractivity contribution is 5.85. The normalized spacial score (nSPS) is 17.2. The van der Waals surface area contributed by atoms with Crippen LogP contribution in [0.15, 0.2) is 18.5 Å². The van der Waals surface area contributed by atoms with E-state index in [-0.39, 0.29) is 0 Å². The zero-order chi connectivity index (χ0) is 15.2. The van der Waals surface area contributed by atoms with E-state index in [2.05, 4.69) is 26.8 Å². The Balaban J connectivity index is 1.90. The lowest BCUT2D eigenvalue weighted by atomic mass is 9.97. The molecule has 0 atom stereocenters. The Morgan fingerprint density at radius 1 is 1.43 bits per heavy atom. The smallest absolute Gasteiger partial charge is 0.328 e. The number of carbonyl (C=O) groups is 1. The molecule has 0 unspecified atom stereocenters. The maximum absolute atomic E-state index is 10.5. The summed E-state index contributed by atoms with van der Waals surface area (Å²) in [4.78, 5) is 23.5. The first-order valence-corrected chi connectivity index (χ1v) is 7.17. The summed E-state index contributed by atoms with van der Waals surface area (Å²) in [5.74, 6) is 0.390. The molecule has 6 nitrogen and oxygen atoms in total. The number of hydrogen-bond acceptors (Lipinski definition) is 5. The fraction of sp³-hybridized carbons (Fsp3) is 0.533. The van der Waals surface area contributed by atoms with Gasteiger partial charge < -0.3 is 14.9 Å². The second-order valence-corrected chi connectivity index (χ2v) is 5.62. The molecule has 21 heavy (non-hydrogen) atoms. The number of carboxylic acid groups (broad SMARTS) is 1. The first kappa shape index (κ1) is 15.4. The number of aliphatic carboxylic acids is 1. The molecule has 1 aromatic heterocycles. The summed E-state index contributed by atoms with van der Waals surface area (Å²) >= 11 is 0. The van der Waals surface area contributed by atoms with E-state index >= 15 is 0 Å². The molecule has 1 fully saturated rings. The molecule has 114 valence electrons.